The number of hydrogen-bond donors (Lipinski definition) is 1. The molecule has 1 aromatic carbocycles. The van der Waals surface area contributed by atoms with E-state index in [9.17, 15) is 4.79 Å². The van der Waals surface area contributed by atoms with Crippen molar-refractivity contribution < 1.29 is 9.53 Å². The number of benzene rings is 1. The number of hydrogen-bond acceptors (Lipinski definition) is 4. The lowest BCUT2D eigenvalue weighted by Crippen LogP contribution is -2.30. The summed E-state index contributed by atoms with van der Waals surface area (Å²) in [5, 5.41) is 3.58. The van der Waals surface area contributed by atoms with Gasteiger partial charge in [-0.15, -0.1) is 0 Å². The maximum absolute atomic E-state index is 12.7. The Morgan fingerprint density at radius 2 is 2.04 bits per heavy atom. The summed E-state index contributed by atoms with van der Waals surface area (Å²) < 4.78 is 5.36. The van der Waals surface area contributed by atoms with Crippen LogP contribution in [0, 0.1) is 0 Å². The molecule has 1 saturated heterocycles. The monoisotopic (exact) mass is 359 g/mol. The number of amides is 1. The number of anilines is 2. The first-order chi connectivity index (χ1) is 12.2. The highest BCUT2D eigenvalue weighted by atomic mass is 35.5. The van der Waals surface area contributed by atoms with Crippen LogP contribution in [0.15, 0.2) is 36.5 Å². The van der Waals surface area contributed by atoms with Gasteiger partial charge in [0, 0.05) is 35.9 Å². The largest absolute Gasteiger partial charge is 0.478 e. The molecule has 0 radical (unpaired) electrons. The molecule has 1 fully saturated rings. The number of nitrogens with zero attached hydrogens (tertiary/aromatic N) is 2. The molecule has 25 heavy (non-hydrogen) atoms. The number of piperidine rings is 1. The van der Waals surface area contributed by atoms with E-state index in [1.54, 1.807) is 24.4 Å². The Bertz CT molecular complexity index is 745. The lowest BCUT2D eigenvalue weighted by atomic mass is 10.1. The molecule has 6 heteroatoms. The first-order valence-electron chi connectivity index (χ1n) is 8.62. The van der Waals surface area contributed by atoms with Crippen LogP contribution in [0.1, 0.15) is 36.5 Å². The first kappa shape index (κ1) is 17.5. The van der Waals surface area contributed by atoms with E-state index < -0.39 is 0 Å². The van der Waals surface area contributed by atoms with Crippen LogP contribution in [0.2, 0.25) is 5.02 Å². The van der Waals surface area contributed by atoms with E-state index in [4.69, 9.17) is 16.3 Å². The van der Waals surface area contributed by atoms with Gasteiger partial charge in [0.2, 0.25) is 5.88 Å². The van der Waals surface area contributed by atoms with Crippen LogP contribution in [0.5, 0.6) is 5.88 Å². The second-order valence-corrected chi connectivity index (χ2v) is 6.42. The fourth-order valence-electron chi connectivity index (χ4n) is 2.99. The summed E-state index contributed by atoms with van der Waals surface area (Å²) in [4.78, 5) is 19.1. The third-order valence-corrected chi connectivity index (χ3v) is 4.43. The smallest absolute Gasteiger partial charge is 0.255 e. The second-order valence-electron chi connectivity index (χ2n) is 5.98. The summed E-state index contributed by atoms with van der Waals surface area (Å²) in [6.45, 7) is 4.37. The lowest BCUT2D eigenvalue weighted by Gasteiger charge is -2.30. The Labute approximate surface area is 153 Å². The molecule has 3 rings (SSSR count). The van der Waals surface area contributed by atoms with Crippen LogP contribution in [0.3, 0.4) is 0 Å². The van der Waals surface area contributed by atoms with E-state index in [-0.39, 0.29) is 5.91 Å². The Morgan fingerprint density at radius 1 is 1.24 bits per heavy atom. The van der Waals surface area contributed by atoms with Gasteiger partial charge in [-0.2, -0.15) is 0 Å². The van der Waals surface area contributed by atoms with Crippen molar-refractivity contribution in [1.82, 2.24) is 4.98 Å². The molecule has 2 heterocycles. The molecule has 1 aromatic heterocycles. The maximum Gasteiger partial charge on any atom is 0.255 e. The van der Waals surface area contributed by atoms with E-state index >= 15 is 0 Å². The fraction of sp³-hybridized carbons (Fsp3) is 0.368. The van der Waals surface area contributed by atoms with Crippen LogP contribution in [0.4, 0.5) is 11.4 Å². The zero-order valence-corrected chi connectivity index (χ0v) is 15.1. The highest BCUT2D eigenvalue weighted by Gasteiger charge is 2.17. The van der Waals surface area contributed by atoms with Gasteiger partial charge in [0.25, 0.3) is 5.91 Å². The number of halogens is 1. The number of nitrogens with one attached hydrogen (secondary N) is 1. The maximum atomic E-state index is 12.7. The number of carbonyl (C=O) groups excluding carboxylic acids is 1. The normalized spacial score (nSPS) is 14.2. The molecule has 0 unspecified atom stereocenters. The Morgan fingerprint density at radius 3 is 2.80 bits per heavy atom. The predicted octanol–water partition coefficient (Wildman–Crippen LogP) is 4.38. The molecule has 0 atom stereocenters. The summed E-state index contributed by atoms with van der Waals surface area (Å²) in [7, 11) is 0. The van der Waals surface area contributed by atoms with Crippen LogP contribution in [0.25, 0.3) is 0 Å². The van der Waals surface area contributed by atoms with Gasteiger partial charge < -0.3 is 15.0 Å². The molecular formula is C19H22ClN3O2. The molecule has 0 aliphatic carbocycles. The summed E-state index contributed by atoms with van der Waals surface area (Å²) in [6.07, 6.45) is 5.16. The third-order valence-electron chi connectivity index (χ3n) is 4.19. The minimum absolute atomic E-state index is 0.205. The highest BCUT2D eigenvalue weighted by molar-refractivity contribution is 6.31. The van der Waals surface area contributed by atoms with E-state index in [2.05, 4.69) is 15.2 Å². The van der Waals surface area contributed by atoms with Gasteiger partial charge in [-0.3, -0.25) is 4.79 Å². The molecule has 132 valence electrons. The summed E-state index contributed by atoms with van der Waals surface area (Å²) >= 11 is 6.15. The zero-order valence-electron chi connectivity index (χ0n) is 14.3. The fourth-order valence-corrected chi connectivity index (χ4v) is 3.16. The second kappa shape index (κ2) is 8.21. The Hall–Kier alpha value is -2.27. The van der Waals surface area contributed by atoms with Gasteiger partial charge >= 0.3 is 0 Å². The molecule has 1 N–H and O–H groups in total. The zero-order chi connectivity index (χ0) is 17.6. The van der Waals surface area contributed by atoms with E-state index in [0.717, 1.165) is 37.3 Å². The Balaban J connectivity index is 1.82. The van der Waals surface area contributed by atoms with Crippen LogP contribution < -0.4 is 15.0 Å². The lowest BCUT2D eigenvalue weighted by molar-refractivity contribution is 0.102. The van der Waals surface area contributed by atoms with Crippen molar-refractivity contribution in [2.45, 2.75) is 26.2 Å². The topological polar surface area (TPSA) is 54.5 Å². The average molecular weight is 360 g/mol. The van der Waals surface area contributed by atoms with Crippen LogP contribution in [-0.4, -0.2) is 30.6 Å². The Kier molecular flexibility index (Phi) is 5.76. The molecule has 0 saturated carbocycles. The minimum atomic E-state index is -0.205. The molecule has 1 aliphatic heterocycles. The van der Waals surface area contributed by atoms with Crippen molar-refractivity contribution >= 4 is 28.9 Å². The number of pyridine rings is 1. The van der Waals surface area contributed by atoms with Crippen LogP contribution in [-0.2, 0) is 0 Å². The highest BCUT2D eigenvalue weighted by Crippen LogP contribution is 2.31. The van der Waals surface area contributed by atoms with Gasteiger partial charge in [-0.25, -0.2) is 4.98 Å². The SMILES string of the molecule is CCOc1cc(C(=O)Nc2cc(Cl)ccc2N2CCCCC2)ccn1. The number of rotatable bonds is 5. The number of carbonyl (C=O) groups is 1. The van der Waals surface area contributed by atoms with Crippen LogP contribution >= 0.6 is 11.6 Å². The summed E-state index contributed by atoms with van der Waals surface area (Å²) in [5.74, 6) is 0.237. The predicted molar refractivity (Wildman–Crippen MR) is 101 cm³/mol. The van der Waals surface area contributed by atoms with Crippen molar-refractivity contribution in [3.05, 3.63) is 47.1 Å². The number of ether oxygens (including phenoxy) is 1. The summed E-state index contributed by atoms with van der Waals surface area (Å²) in [6, 6.07) is 8.95. The molecule has 5 nitrogen and oxygen atoms in total. The average Bonchev–Trinajstić information content (AvgIpc) is 2.63. The molecule has 1 aliphatic rings. The van der Waals surface area contributed by atoms with E-state index in [1.807, 2.05) is 19.1 Å². The first-order valence-corrected chi connectivity index (χ1v) is 9.00. The standard InChI is InChI=1S/C19H22ClN3O2/c1-2-25-18-12-14(8-9-21-18)19(24)22-16-13-15(20)6-7-17(16)23-10-4-3-5-11-23/h6-9,12-13H,2-5,10-11H2,1H3,(H,22,24). The van der Waals surface area contributed by atoms with Crippen molar-refractivity contribution in [1.29, 1.82) is 0 Å². The van der Waals surface area contributed by atoms with Gasteiger partial charge in [0.1, 0.15) is 0 Å². The van der Waals surface area contributed by atoms with E-state index in [1.165, 1.54) is 6.42 Å². The quantitative estimate of drug-likeness (QED) is 0.860. The van der Waals surface area contributed by atoms with E-state index in [0.29, 0.717) is 23.1 Å². The van der Waals surface area contributed by atoms with Gasteiger partial charge in [-0.1, -0.05) is 11.6 Å². The molecule has 0 bridgehead atoms. The van der Waals surface area contributed by atoms with Crippen molar-refractivity contribution in [2.24, 2.45) is 0 Å². The summed E-state index contributed by atoms with van der Waals surface area (Å²) in [5.41, 5.74) is 2.24. The molecule has 0 spiro atoms. The van der Waals surface area contributed by atoms with Crippen molar-refractivity contribution in [2.75, 3.05) is 29.9 Å². The molecule has 2 aromatic rings. The van der Waals surface area contributed by atoms with Gasteiger partial charge in [-0.05, 0) is 50.5 Å². The molecule has 1 amide bonds. The van der Waals surface area contributed by atoms with Gasteiger partial charge in [0.15, 0.2) is 0 Å². The van der Waals surface area contributed by atoms with Crippen molar-refractivity contribution in [3.63, 3.8) is 0 Å². The minimum Gasteiger partial charge on any atom is -0.478 e. The molecular weight excluding hydrogens is 338 g/mol. The van der Waals surface area contributed by atoms with Crippen molar-refractivity contribution in [3.8, 4) is 5.88 Å². The third kappa shape index (κ3) is 4.42. The number of aromatic nitrogens is 1. The van der Waals surface area contributed by atoms with Gasteiger partial charge in [0.05, 0.1) is 18.0 Å².